The van der Waals surface area contributed by atoms with E-state index in [0.29, 0.717) is 13.0 Å². The van der Waals surface area contributed by atoms with Crippen LogP contribution in [0.5, 0.6) is 0 Å². The molecular formula is C21H28N2O. The zero-order valence-electron chi connectivity index (χ0n) is 15.0. The summed E-state index contributed by atoms with van der Waals surface area (Å²) in [6.07, 6.45) is 2.60. The molecular weight excluding hydrogens is 296 g/mol. The van der Waals surface area contributed by atoms with Crippen molar-refractivity contribution in [3.63, 3.8) is 0 Å². The summed E-state index contributed by atoms with van der Waals surface area (Å²) in [6.45, 7) is 3.62. The molecule has 2 aromatic carbocycles. The lowest BCUT2D eigenvalue weighted by Gasteiger charge is -2.13. The highest BCUT2D eigenvalue weighted by atomic mass is 16.1. The van der Waals surface area contributed by atoms with Crippen LogP contribution in [0, 0.1) is 0 Å². The van der Waals surface area contributed by atoms with Gasteiger partial charge in [0.05, 0.1) is 0 Å². The molecule has 0 aliphatic heterocycles. The Hall–Kier alpha value is -2.13. The number of carbonyl (C=O) groups is 1. The van der Waals surface area contributed by atoms with Gasteiger partial charge in [0.15, 0.2) is 0 Å². The average Bonchev–Trinajstić information content (AvgIpc) is 2.58. The van der Waals surface area contributed by atoms with Crippen LogP contribution in [0.1, 0.15) is 37.3 Å². The Bertz CT molecular complexity index is 647. The molecule has 3 nitrogen and oxygen atoms in total. The second-order valence-electron chi connectivity index (χ2n) is 6.47. The fourth-order valence-corrected chi connectivity index (χ4v) is 2.73. The highest BCUT2D eigenvalue weighted by Crippen LogP contribution is 2.24. The number of hydrogen-bond donors (Lipinski definition) is 1. The van der Waals surface area contributed by atoms with Crippen molar-refractivity contribution < 1.29 is 4.79 Å². The lowest BCUT2D eigenvalue weighted by Crippen LogP contribution is -2.22. The van der Waals surface area contributed by atoms with E-state index in [0.717, 1.165) is 24.9 Å². The molecule has 2 rings (SSSR count). The molecule has 1 amide bonds. The summed E-state index contributed by atoms with van der Waals surface area (Å²) in [5, 5.41) is 3.04. The van der Waals surface area contributed by atoms with Gasteiger partial charge < -0.3 is 10.2 Å². The quantitative estimate of drug-likeness (QED) is 0.788. The maximum atomic E-state index is 11.9. The maximum absolute atomic E-state index is 11.9. The highest BCUT2D eigenvalue weighted by molar-refractivity contribution is 5.76. The Morgan fingerprint density at radius 3 is 2.42 bits per heavy atom. The third kappa shape index (κ3) is 5.50. The van der Waals surface area contributed by atoms with Crippen molar-refractivity contribution >= 4 is 5.91 Å². The van der Waals surface area contributed by atoms with Gasteiger partial charge in [-0.3, -0.25) is 4.79 Å². The first-order valence-electron chi connectivity index (χ1n) is 8.68. The van der Waals surface area contributed by atoms with Gasteiger partial charge in [-0.25, -0.2) is 0 Å². The molecule has 128 valence electrons. The van der Waals surface area contributed by atoms with Crippen LogP contribution in [-0.2, 0) is 17.9 Å². The Morgan fingerprint density at radius 1 is 1.04 bits per heavy atom. The van der Waals surface area contributed by atoms with Gasteiger partial charge in [-0.2, -0.15) is 0 Å². The van der Waals surface area contributed by atoms with Crippen molar-refractivity contribution in [1.29, 1.82) is 0 Å². The zero-order chi connectivity index (χ0) is 17.4. The van der Waals surface area contributed by atoms with Gasteiger partial charge in [-0.1, -0.05) is 61.9 Å². The summed E-state index contributed by atoms with van der Waals surface area (Å²) in [5.74, 6) is 0.132. The van der Waals surface area contributed by atoms with Crippen molar-refractivity contribution in [3.8, 4) is 11.1 Å². The number of unbranched alkanes of at least 4 members (excludes halogenated alkanes) is 1. The third-order valence-electron chi connectivity index (χ3n) is 4.01. The number of nitrogens with zero attached hydrogens (tertiary/aromatic N) is 1. The summed E-state index contributed by atoms with van der Waals surface area (Å²) < 4.78 is 0. The van der Waals surface area contributed by atoms with Crippen LogP contribution >= 0.6 is 0 Å². The monoisotopic (exact) mass is 324 g/mol. The second-order valence-corrected chi connectivity index (χ2v) is 6.47. The molecule has 1 N–H and O–H groups in total. The van der Waals surface area contributed by atoms with Crippen molar-refractivity contribution in [2.24, 2.45) is 0 Å². The molecule has 0 radical (unpaired) electrons. The van der Waals surface area contributed by atoms with E-state index in [9.17, 15) is 4.79 Å². The SMILES string of the molecule is CCCCC(=O)NCc1ccccc1-c1ccc(CN(C)C)cc1. The largest absolute Gasteiger partial charge is 0.352 e. The zero-order valence-corrected chi connectivity index (χ0v) is 15.0. The fraction of sp³-hybridized carbons (Fsp3) is 0.381. The third-order valence-corrected chi connectivity index (χ3v) is 4.01. The van der Waals surface area contributed by atoms with Gasteiger partial charge in [0.1, 0.15) is 0 Å². The van der Waals surface area contributed by atoms with Crippen molar-refractivity contribution in [2.45, 2.75) is 39.3 Å². The van der Waals surface area contributed by atoms with E-state index in [1.54, 1.807) is 0 Å². The van der Waals surface area contributed by atoms with Crippen LogP contribution in [-0.4, -0.2) is 24.9 Å². The van der Waals surface area contributed by atoms with Gasteiger partial charge in [0.25, 0.3) is 0 Å². The van der Waals surface area contributed by atoms with Crippen LogP contribution in [0.2, 0.25) is 0 Å². The molecule has 0 bridgehead atoms. The number of carbonyl (C=O) groups excluding carboxylic acids is 1. The molecule has 0 heterocycles. The van der Waals surface area contributed by atoms with Gasteiger partial charge >= 0.3 is 0 Å². The molecule has 0 aliphatic rings. The molecule has 0 saturated heterocycles. The smallest absolute Gasteiger partial charge is 0.220 e. The first-order valence-corrected chi connectivity index (χ1v) is 8.68. The molecule has 3 heteroatoms. The molecule has 24 heavy (non-hydrogen) atoms. The summed E-state index contributed by atoms with van der Waals surface area (Å²) >= 11 is 0. The lowest BCUT2D eigenvalue weighted by molar-refractivity contribution is -0.121. The van der Waals surface area contributed by atoms with E-state index < -0.39 is 0 Å². The van der Waals surface area contributed by atoms with Gasteiger partial charge in [0.2, 0.25) is 5.91 Å². The lowest BCUT2D eigenvalue weighted by atomic mass is 9.98. The average molecular weight is 324 g/mol. The number of nitrogens with one attached hydrogen (secondary N) is 1. The predicted molar refractivity (Wildman–Crippen MR) is 101 cm³/mol. The first kappa shape index (κ1) is 18.2. The van der Waals surface area contributed by atoms with E-state index in [1.165, 1.54) is 16.7 Å². The van der Waals surface area contributed by atoms with Crippen LogP contribution in [0.15, 0.2) is 48.5 Å². The normalized spacial score (nSPS) is 10.8. The number of rotatable bonds is 8. The summed E-state index contributed by atoms with van der Waals surface area (Å²) in [5.41, 5.74) is 4.83. The van der Waals surface area contributed by atoms with E-state index in [2.05, 4.69) is 67.6 Å². The van der Waals surface area contributed by atoms with Crippen LogP contribution in [0.4, 0.5) is 0 Å². The minimum absolute atomic E-state index is 0.132. The maximum Gasteiger partial charge on any atom is 0.220 e. The standard InChI is InChI=1S/C21H28N2O/c1-4-5-10-21(24)22-15-19-8-6-7-9-20(19)18-13-11-17(12-14-18)16-23(2)3/h6-9,11-14H,4-5,10,15-16H2,1-3H3,(H,22,24). The van der Waals surface area contributed by atoms with Crippen molar-refractivity contribution in [2.75, 3.05) is 14.1 Å². The molecule has 0 aromatic heterocycles. The van der Waals surface area contributed by atoms with E-state index in [1.807, 2.05) is 12.1 Å². The van der Waals surface area contributed by atoms with Gasteiger partial charge in [-0.05, 0) is 42.8 Å². The van der Waals surface area contributed by atoms with Gasteiger partial charge in [0, 0.05) is 19.5 Å². The van der Waals surface area contributed by atoms with Crippen LogP contribution in [0.3, 0.4) is 0 Å². The fourth-order valence-electron chi connectivity index (χ4n) is 2.73. The minimum atomic E-state index is 0.132. The summed E-state index contributed by atoms with van der Waals surface area (Å²) in [7, 11) is 4.15. The first-order chi connectivity index (χ1) is 11.6. The Morgan fingerprint density at radius 2 is 1.75 bits per heavy atom. The molecule has 2 aromatic rings. The molecule has 0 spiro atoms. The Labute approximate surface area is 145 Å². The summed E-state index contributed by atoms with van der Waals surface area (Å²) in [6, 6.07) is 16.9. The van der Waals surface area contributed by atoms with E-state index in [-0.39, 0.29) is 5.91 Å². The van der Waals surface area contributed by atoms with Crippen molar-refractivity contribution in [3.05, 3.63) is 59.7 Å². The second kappa shape index (κ2) is 9.24. The topological polar surface area (TPSA) is 32.3 Å². The molecule has 0 atom stereocenters. The van der Waals surface area contributed by atoms with E-state index in [4.69, 9.17) is 0 Å². The van der Waals surface area contributed by atoms with Crippen molar-refractivity contribution in [1.82, 2.24) is 10.2 Å². The van der Waals surface area contributed by atoms with Crippen LogP contribution in [0.25, 0.3) is 11.1 Å². The molecule has 0 unspecified atom stereocenters. The molecule has 0 aliphatic carbocycles. The Balaban J connectivity index is 2.09. The summed E-state index contributed by atoms with van der Waals surface area (Å²) in [4.78, 5) is 14.0. The highest BCUT2D eigenvalue weighted by Gasteiger charge is 2.07. The number of hydrogen-bond acceptors (Lipinski definition) is 2. The number of benzene rings is 2. The molecule has 0 saturated carbocycles. The Kier molecular flexibility index (Phi) is 7.01. The van der Waals surface area contributed by atoms with E-state index >= 15 is 0 Å². The van der Waals surface area contributed by atoms with Gasteiger partial charge in [-0.15, -0.1) is 0 Å². The van der Waals surface area contributed by atoms with Crippen LogP contribution < -0.4 is 5.32 Å². The minimum Gasteiger partial charge on any atom is -0.352 e. The number of amides is 1. The predicted octanol–water partition coefficient (Wildman–Crippen LogP) is 4.22. The molecule has 0 fully saturated rings.